The van der Waals surface area contributed by atoms with Crippen LogP contribution in [0.2, 0.25) is 0 Å². The van der Waals surface area contributed by atoms with Crippen molar-refractivity contribution in [2.75, 3.05) is 6.54 Å². The zero-order valence-corrected chi connectivity index (χ0v) is 10.5. The summed E-state index contributed by atoms with van der Waals surface area (Å²) in [6.45, 7) is 1.66. The molecule has 0 bridgehead atoms. The third kappa shape index (κ3) is 2.72. The molecular weight excluding hydrogens is 254 g/mol. The molecule has 102 valence electrons. The lowest BCUT2D eigenvalue weighted by Gasteiger charge is -2.34. The first-order valence-corrected chi connectivity index (χ1v) is 6.04. The Labute approximate surface area is 109 Å². The number of rotatable bonds is 3. The molecule has 1 atom stereocenters. The number of hydrogen-bond acceptors (Lipinski definition) is 2. The number of carbonyl (C=O) groups excluding carboxylic acids is 2. The lowest BCUT2D eigenvalue weighted by Crippen LogP contribution is -2.57. The Balaban J connectivity index is 2.23. The van der Waals surface area contributed by atoms with Gasteiger partial charge in [-0.3, -0.25) is 9.59 Å². The Hall–Kier alpha value is -1.98. The van der Waals surface area contributed by atoms with Crippen LogP contribution < -0.4 is 5.32 Å². The van der Waals surface area contributed by atoms with E-state index in [-0.39, 0.29) is 30.5 Å². The molecule has 1 heterocycles. The zero-order valence-electron chi connectivity index (χ0n) is 10.5. The van der Waals surface area contributed by atoms with E-state index in [1.165, 1.54) is 11.0 Å². The summed E-state index contributed by atoms with van der Waals surface area (Å²) in [4.78, 5) is 24.8. The van der Waals surface area contributed by atoms with Gasteiger partial charge in [0.1, 0.15) is 17.7 Å². The van der Waals surface area contributed by atoms with Crippen molar-refractivity contribution in [2.24, 2.45) is 0 Å². The van der Waals surface area contributed by atoms with Crippen LogP contribution in [0.3, 0.4) is 0 Å². The van der Waals surface area contributed by atoms with Gasteiger partial charge in [0, 0.05) is 18.2 Å². The van der Waals surface area contributed by atoms with Crippen molar-refractivity contribution in [3.05, 3.63) is 35.4 Å². The van der Waals surface area contributed by atoms with Crippen molar-refractivity contribution in [1.29, 1.82) is 0 Å². The second-order valence-electron chi connectivity index (χ2n) is 4.40. The van der Waals surface area contributed by atoms with Crippen molar-refractivity contribution < 1.29 is 18.4 Å². The van der Waals surface area contributed by atoms with Gasteiger partial charge in [-0.2, -0.15) is 0 Å². The first kappa shape index (κ1) is 13.5. The predicted octanol–water partition coefficient (Wildman–Crippen LogP) is 1.20. The summed E-state index contributed by atoms with van der Waals surface area (Å²) >= 11 is 0. The molecule has 2 amide bonds. The fraction of sp³-hybridized carbons (Fsp3) is 0.385. The maximum atomic E-state index is 13.6. The standard InChI is InChI=1S/C13H14F2N2O2/c1-2-11-13(19)16-6-12(18)17(11)7-8-3-4-9(14)5-10(8)15/h3-5,11H,2,6-7H2,1H3,(H,16,19). The van der Waals surface area contributed by atoms with Crippen LogP contribution in [0.25, 0.3) is 0 Å². The van der Waals surface area contributed by atoms with Crippen LogP contribution in [0.5, 0.6) is 0 Å². The van der Waals surface area contributed by atoms with E-state index in [0.29, 0.717) is 6.42 Å². The monoisotopic (exact) mass is 268 g/mol. The highest BCUT2D eigenvalue weighted by molar-refractivity contribution is 5.94. The van der Waals surface area contributed by atoms with E-state index in [1.807, 2.05) is 0 Å². The SMILES string of the molecule is CCC1C(=O)NCC(=O)N1Cc1ccc(F)cc1F. The molecule has 0 radical (unpaired) electrons. The molecule has 0 aromatic heterocycles. The van der Waals surface area contributed by atoms with Gasteiger partial charge >= 0.3 is 0 Å². The highest BCUT2D eigenvalue weighted by Crippen LogP contribution is 2.17. The Morgan fingerprint density at radius 1 is 1.37 bits per heavy atom. The summed E-state index contributed by atoms with van der Waals surface area (Å²) < 4.78 is 26.4. The Morgan fingerprint density at radius 3 is 2.74 bits per heavy atom. The van der Waals surface area contributed by atoms with Crippen LogP contribution in [0, 0.1) is 11.6 Å². The van der Waals surface area contributed by atoms with Crippen LogP contribution >= 0.6 is 0 Å². The van der Waals surface area contributed by atoms with E-state index in [2.05, 4.69) is 5.32 Å². The minimum atomic E-state index is -0.714. The first-order chi connectivity index (χ1) is 9.02. The van der Waals surface area contributed by atoms with Crippen LogP contribution in [0.15, 0.2) is 18.2 Å². The van der Waals surface area contributed by atoms with Crippen LogP contribution in [-0.2, 0) is 16.1 Å². The lowest BCUT2D eigenvalue weighted by molar-refractivity contribution is -0.146. The average Bonchev–Trinajstić information content (AvgIpc) is 2.37. The van der Waals surface area contributed by atoms with E-state index < -0.39 is 17.7 Å². The summed E-state index contributed by atoms with van der Waals surface area (Å²) in [6.07, 6.45) is 0.445. The third-order valence-corrected chi connectivity index (χ3v) is 3.16. The van der Waals surface area contributed by atoms with E-state index in [4.69, 9.17) is 0 Å². The fourth-order valence-electron chi connectivity index (χ4n) is 2.14. The zero-order chi connectivity index (χ0) is 14.0. The minimum Gasteiger partial charge on any atom is -0.345 e. The molecule has 0 saturated carbocycles. The van der Waals surface area contributed by atoms with E-state index in [1.54, 1.807) is 6.92 Å². The molecular formula is C13H14F2N2O2. The number of amides is 2. The van der Waals surface area contributed by atoms with Crippen molar-refractivity contribution in [3.63, 3.8) is 0 Å². The molecule has 6 heteroatoms. The number of nitrogens with one attached hydrogen (secondary N) is 1. The Morgan fingerprint density at radius 2 is 2.11 bits per heavy atom. The van der Waals surface area contributed by atoms with Gasteiger partial charge in [0.05, 0.1) is 6.54 Å². The molecule has 19 heavy (non-hydrogen) atoms. The Bertz CT molecular complexity index is 519. The Kier molecular flexibility index (Phi) is 3.78. The van der Waals surface area contributed by atoms with Crippen LogP contribution in [0.4, 0.5) is 8.78 Å². The molecule has 1 saturated heterocycles. The normalized spacial score (nSPS) is 19.5. The van der Waals surface area contributed by atoms with E-state index >= 15 is 0 Å². The molecule has 1 aliphatic heterocycles. The second-order valence-corrected chi connectivity index (χ2v) is 4.40. The summed E-state index contributed by atoms with van der Waals surface area (Å²) in [5.41, 5.74) is 0.197. The van der Waals surface area contributed by atoms with Gasteiger partial charge in [0.15, 0.2) is 0 Å². The second kappa shape index (κ2) is 5.34. The number of hydrogen-bond donors (Lipinski definition) is 1. The highest BCUT2D eigenvalue weighted by Gasteiger charge is 2.33. The van der Waals surface area contributed by atoms with Crippen LogP contribution in [-0.4, -0.2) is 29.3 Å². The van der Waals surface area contributed by atoms with Gasteiger partial charge in [0.25, 0.3) is 0 Å². The lowest BCUT2D eigenvalue weighted by atomic mass is 10.1. The maximum Gasteiger partial charge on any atom is 0.243 e. The summed E-state index contributed by atoms with van der Waals surface area (Å²) in [7, 11) is 0. The maximum absolute atomic E-state index is 13.6. The van der Waals surface area contributed by atoms with Crippen molar-refractivity contribution >= 4 is 11.8 Å². The number of benzene rings is 1. The summed E-state index contributed by atoms with van der Waals surface area (Å²) in [5.74, 6) is -1.90. The first-order valence-electron chi connectivity index (χ1n) is 6.04. The summed E-state index contributed by atoms with van der Waals surface area (Å²) in [5, 5.41) is 2.49. The van der Waals surface area contributed by atoms with Gasteiger partial charge in [0.2, 0.25) is 11.8 Å². The highest BCUT2D eigenvalue weighted by atomic mass is 19.1. The molecule has 1 fully saturated rings. The van der Waals surface area contributed by atoms with Gasteiger partial charge in [-0.25, -0.2) is 8.78 Å². The van der Waals surface area contributed by atoms with Crippen molar-refractivity contribution in [2.45, 2.75) is 25.9 Å². The number of nitrogens with zero attached hydrogens (tertiary/aromatic N) is 1. The van der Waals surface area contributed by atoms with Gasteiger partial charge in [-0.1, -0.05) is 13.0 Å². The molecule has 2 rings (SSSR count). The van der Waals surface area contributed by atoms with E-state index in [0.717, 1.165) is 12.1 Å². The molecule has 1 aliphatic rings. The number of halogens is 2. The quantitative estimate of drug-likeness (QED) is 0.895. The average molecular weight is 268 g/mol. The molecule has 1 aromatic rings. The third-order valence-electron chi connectivity index (χ3n) is 3.16. The summed E-state index contributed by atoms with van der Waals surface area (Å²) in [6, 6.07) is 2.58. The molecule has 0 aliphatic carbocycles. The van der Waals surface area contributed by atoms with Gasteiger partial charge in [-0.05, 0) is 12.5 Å². The molecule has 0 spiro atoms. The molecule has 1 unspecified atom stereocenters. The van der Waals surface area contributed by atoms with Crippen molar-refractivity contribution in [1.82, 2.24) is 10.2 Å². The number of carbonyl (C=O) groups is 2. The van der Waals surface area contributed by atoms with E-state index in [9.17, 15) is 18.4 Å². The van der Waals surface area contributed by atoms with Crippen LogP contribution in [0.1, 0.15) is 18.9 Å². The minimum absolute atomic E-state index is 0.0309. The molecule has 1 N–H and O–H groups in total. The fourth-order valence-corrected chi connectivity index (χ4v) is 2.14. The predicted molar refractivity (Wildman–Crippen MR) is 64.0 cm³/mol. The van der Waals surface area contributed by atoms with Gasteiger partial charge < -0.3 is 10.2 Å². The molecule has 1 aromatic carbocycles. The van der Waals surface area contributed by atoms with Crippen molar-refractivity contribution in [3.8, 4) is 0 Å². The van der Waals surface area contributed by atoms with Gasteiger partial charge in [-0.15, -0.1) is 0 Å². The largest absolute Gasteiger partial charge is 0.345 e. The topological polar surface area (TPSA) is 49.4 Å². The number of piperazine rings is 1. The smallest absolute Gasteiger partial charge is 0.243 e. The molecule has 4 nitrogen and oxygen atoms in total.